The quantitative estimate of drug-likeness (QED) is 0.169. The third-order valence-electron chi connectivity index (χ3n) is 6.46. The molecular weight excluding hydrogens is 588 g/mol. The van der Waals surface area contributed by atoms with Crippen LogP contribution in [0, 0.1) is 29.6 Å². The van der Waals surface area contributed by atoms with Gasteiger partial charge in [-0.2, -0.15) is 0 Å². The standard InChI is InChI=1S/C33H54O12/c1-17(2)12-23(35)41-29-28(40-22(11)34)30(42-24(36)13-18(3)4)32(44-26(38)15-20(7)8)33(45-27(39)16-21(9)10)31(29)43-25(37)14-19(5)6/h17-21,28-33H,12-16H2,1-11H3/t28-,29+,30-,31-,32+,33+. The SMILES string of the molecule is CC(=O)O[C@H]1[C@@H](OC(=O)CC(C)C)[C@H](OC(=O)CC(C)C)[C@@H](OC(=O)CC(C)C)[C@H](OC(=O)CC(C)C)[C@H]1OC(=O)CC(C)C. The lowest BCUT2D eigenvalue weighted by Crippen LogP contribution is -2.69. The molecule has 1 fully saturated rings. The largest absolute Gasteiger partial charge is 0.454 e. The first kappa shape index (κ1) is 39.8. The van der Waals surface area contributed by atoms with Crippen molar-refractivity contribution >= 4 is 35.8 Å². The number of esters is 6. The summed E-state index contributed by atoms with van der Waals surface area (Å²) in [4.78, 5) is 78.0. The van der Waals surface area contributed by atoms with E-state index in [4.69, 9.17) is 28.4 Å². The summed E-state index contributed by atoms with van der Waals surface area (Å²) in [7, 11) is 0. The van der Waals surface area contributed by atoms with E-state index in [0.717, 1.165) is 6.92 Å². The molecule has 45 heavy (non-hydrogen) atoms. The average Bonchev–Trinajstić information content (AvgIpc) is 2.82. The fraction of sp³-hybridized carbons (Fsp3) is 0.818. The molecule has 0 aliphatic heterocycles. The molecule has 6 atom stereocenters. The van der Waals surface area contributed by atoms with Crippen LogP contribution in [0.25, 0.3) is 0 Å². The Morgan fingerprint density at radius 3 is 0.644 bits per heavy atom. The van der Waals surface area contributed by atoms with E-state index < -0.39 is 72.4 Å². The molecule has 0 bridgehead atoms. The Labute approximate surface area is 267 Å². The number of carbonyl (C=O) groups is 6. The van der Waals surface area contributed by atoms with Gasteiger partial charge in [0.1, 0.15) is 0 Å². The average molecular weight is 643 g/mol. The van der Waals surface area contributed by atoms with Gasteiger partial charge in [-0.3, -0.25) is 28.8 Å². The number of ether oxygens (including phenoxy) is 6. The van der Waals surface area contributed by atoms with E-state index in [0.29, 0.717) is 0 Å². The van der Waals surface area contributed by atoms with Crippen LogP contribution in [-0.4, -0.2) is 72.4 Å². The predicted octanol–water partition coefficient (Wildman–Crippen LogP) is 4.72. The van der Waals surface area contributed by atoms with Crippen molar-refractivity contribution in [1.29, 1.82) is 0 Å². The summed E-state index contributed by atoms with van der Waals surface area (Å²) in [6.45, 7) is 19.1. The minimum atomic E-state index is -1.58. The number of hydrogen-bond donors (Lipinski definition) is 0. The van der Waals surface area contributed by atoms with Gasteiger partial charge in [0.15, 0.2) is 36.6 Å². The molecule has 0 aromatic carbocycles. The zero-order chi connectivity index (χ0) is 34.6. The van der Waals surface area contributed by atoms with Gasteiger partial charge in [0.25, 0.3) is 0 Å². The molecule has 1 aliphatic rings. The van der Waals surface area contributed by atoms with Crippen LogP contribution in [0.4, 0.5) is 0 Å². The van der Waals surface area contributed by atoms with Crippen molar-refractivity contribution in [3.63, 3.8) is 0 Å². The van der Waals surface area contributed by atoms with Gasteiger partial charge in [-0.25, -0.2) is 0 Å². The summed E-state index contributed by atoms with van der Waals surface area (Å²) >= 11 is 0. The molecule has 0 spiro atoms. The topological polar surface area (TPSA) is 158 Å². The van der Waals surface area contributed by atoms with Gasteiger partial charge < -0.3 is 28.4 Å². The van der Waals surface area contributed by atoms with Crippen LogP contribution in [0.2, 0.25) is 0 Å². The lowest BCUT2D eigenvalue weighted by atomic mass is 9.83. The lowest BCUT2D eigenvalue weighted by molar-refractivity contribution is -0.262. The van der Waals surface area contributed by atoms with Gasteiger partial charge in [-0.15, -0.1) is 0 Å². The molecule has 1 aliphatic carbocycles. The molecule has 12 nitrogen and oxygen atoms in total. The summed E-state index contributed by atoms with van der Waals surface area (Å²) in [6.07, 6.45) is -9.69. The van der Waals surface area contributed by atoms with Gasteiger partial charge in [-0.05, 0) is 29.6 Å². The highest BCUT2D eigenvalue weighted by Gasteiger charge is 2.61. The van der Waals surface area contributed by atoms with Crippen molar-refractivity contribution < 1.29 is 57.2 Å². The molecule has 12 heteroatoms. The molecule has 0 N–H and O–H groups in total. The molecule has 0 amide bonds. The first-order valence-corrected chi connectivity index (χ1v) is 15.9. The second kappa shape index (κ2) is 18.7. The second-order valence-electron chi connectivity index (χ2n) is 13.8. The van der Waals surface area contributed by atoms with Crippen LogP contribution in [0.1, 0.15) is 108 Å². The Balaban J connectivity index is 3.97. The van der Waals surface area contributed by atoms with Crippen molar-refractivity contribution in [2.24, 2.45) is 29.6 Å². The monoisotopic (exact) mass is 642 g/mol. The molecule has 0 saturated heterocycles. The van der Waals surface area contributed by atoms with Crippen molar-refractivity contribution in [1.82, 2.24) is 0 Å². The number of rotatable bonds is 16. The summed E-state index contributed by atoms with van der Waals surface area (Å²) in [5.74, 6) is -5.03. The number of hydrogen-bond acceptors (Lipinski definition) is 12. The van der Waals surface area contributed by atoms with Crippen molar-refractivity contribution in [3.8, 4) is 0 Å². The maximum absolute atomic E-state index is 13.1. The molecule has 0 aromatic rings. The fourth-order valence-corrected chi connectivity index (χ4v) is 4.78. The van der Waals surface area contributed by atoms with Crippen LogP contribution in [0.5, 0.6) is 0 Å². The molecule has 0 unspecified atom stereocenters. The fourth-order valence-electron chi connectivity index (χ4n) is 4.78. The summed E-state index contributed by atoms with van der Waals surface area (Å²) in [6, 6.07) is 0. The van der Waals surface area contributed by atoms with Crippen molar-refractivity contribution in [2.75, 3.05) is 0 Å². The molecule has 0 heterocycles. The first-order chi connectivity index (χ1) is 20.8. The van der Waals surface area contributed by atoms with Crippen LogP contribution in [0.3, 0.4) is 0 Å². The van der Waals surface area contributed by atoms with Gasteiger partial charge in [0, 0.05) is 39.0 Å². The Morgan fingerprint density at radius 2 is 0.511 bits per heavy atom. The van der Waals surface area contributed by atoms with E-state index in [9.17, 15) is 28.8 Å². The van der Waals surface area contributed by atoms with Gasteiger partial charge in [-0.1, -0.05) is 69.2 Å². The maximum Gasteiger partial charge on any atom is 0.306 e. The van der Waals surface area contributed by atoms with Gasteiger partial charge in [0.2, 0.25) is 0 Å². The lowest BCUT2D eigenvalue weighted by Gasteiger charge is -2.47. The molecular formula is C33H54O12. The summed E-state index contributed by atoms with van der Waals surface area (Å²) in [5.41, 5.74) is 0. The molecule has 1 saturated carbocycles. The van der Waals surface area contributed by atoms with Crippen molar-refractivity contribution in [3.05, 3.63) is 0 Å². The summed E-state index contributed by atoms with van der Waals surface area (Å²) in [5, 5.41) is 0. The Hall–Kier alpha value is -3.18. The Kier molecular flexibility index (Phi) is 16.6. The van der Waals surface area contributed by atoms with Crippen LogP contribution >= 0.6 is 0 Å². The van der Waals surface area contributed by atoms with Gasteiger partial charge in [0.05, 0.1) is 0 Å². The molecule has 0 aromatic heterocycles. The highest BCUT2D eigenvalue weighted by atomic mass is 16.7. The third kappa shape index (κ3) is 14.6. The minimum absolute atomic E-state index is 0.0429. The van der Waals surface area contributed by atoms with E-state index >= 15 is 0 Å². The third-order valence-corrected chi connectivity index (χ3v) is 6.46. The van der Waals surface area contributed by atoms with Crippen LogP contribution in [0.15, 0.2) is 0 Å². The van der Waals surface area contributed by atoms with Gasteiger partial charge >= 0.3 is 35.8 Å². The van der Waals surface area contributed by atoms with Crippen LogP contribution in [-0.2, 0) is 57.2 Å². The molecule has 258 valence electrons. The second-order valence-corrected chi connectivity index (χ2v) is 13.8. The van der Waals surface area contributed by atoms with E-state index in [-0.39, 0.29) is 61.7 Å². The predicted molar refractivity (Wildman–Crippen MR) is 162 cm³/mol. The van der Waals surface area contributed by atoms with E-state index in [2.05, 4.69) is 0 Å². The van der Waals surface area contributed by atoms with E-state index in [1.165, 1.54) is 0 Å². The Bertz CT molecular complexity index is 955. The zero-order valence-electron chi connectivity index (χ0n) is 28.8. The van der Waals surface area contributed by atoms with Crippen molar-refractivity contribution in [2.45, 2.75) is 145 Å². The highest BCUT2D eigenvalue weighted by Crippen LogP contribution is 2.36. The minimum Gasteiger partial charge on any atom is -0.454 e. The smallest absolute Gasteiger partial charge is 0.306 e. The number of carbonyl (C=O) groups excluding carboxylic acids is 6. The summed E-state index contributed by atoms with van der Waals surface area (Å²) < 4.78 is 34.8. The first-order valence-electron chi connectivity index (χ1n) is 15.9. The maximum atomic E-state index is 13.1. The Morgan fingerprint density at radius 1 is 0.356 bits per heavy atom. The molecule has 0 radical (unpaired) electrons. The van der Waals surface area contributed by atoms with E-state index in [1.807, 2.05) is 0 Å². The zero-order valence-corrected chi connectivity index (χ0v) is 28.8. The molecule has 1 rings (SSSR count). The van der Waals surface area contributed by atoms with E-state index in [1.54, 1.807) is 69.2 Å². The normalized spacial score (nSPS) is 23.2. The van der Waals surface area contributed by atoms with Crippen LogP contribution < -0.4 is 0 Å². The highest BCUT2D eigenvalue weighted by molar-refractivity contribution is 5.74.